The van der Waals surface area contributed by atoms with Crippen molar-refractivity contribution in [3.63, 3.8) is 0 Å². The molecule has 2 N–H and O–H groups in total. The van der Waals surface area contributed by atoms with Crippen molar-refractivity contribution in [1.82, 2.24) is 15.8 Å². The van der Waals surface area contributed by atoms with E-state index in [2.05, 4.69) is 46.4 Å². The molecule has 1 heterocycles. The van der Waals surface area contributed by atoms with E-state index < -0.39 is 0 Å². The highest BCUT2D eigenvalue weighted by Gasteiger charge is 2.22. The molecule has 2 unspecified atom stereocenters. The third-order valence-corrected chi connectivity index (χ3v) is 5.23. The van der Waals surface area contributed by atoms with Crippen molar-refractivity contribution < 1.29 is 4.52 Å². The summed E-state index contributed by atoms with van der Waals surface area (Å²) in [6.07, 6.45) is 6.00. The maximum absolute atomic E-state index is 5.29. The summed E-state index contributed by atoms with van der Waals surface area (Å²) in [5.41, 5.74) is 0.992. The average Bonchev–Trinajstić information content (AvgIpc) is 3.00. The topological polar surface area (TPSA) is 62.5 Å². The molecular formula is C16H29IN4OS. The number of hydrogen-bond donors (Lipinski definition) is 2. The van der Waals surface area contributed by atoms with E-state index in [1.807, 2.05) is 13.1 Å². The molecule has 132 valence electrons. The second-order valence-electron chi connectivity index (χ2n) is 5.65. The number of aliphatic imine (C=N–C) groups is 1. The van der Waals surface area contributed by atoms with Gasteiger partial charge >= 0.3 is 0 Å². The van der Waals surface area contributed by atoms with Gasteiger partial charge in [0.15, 0.2) is 11.7 Å². The van der Waals surface area contributed by atoms with Crippen LogP contribution >= 0.6 is 35.7 Å². The smallest absolute Gasteiger partial charge is 0.191 e. The molecule has 0 amide bonds. The molecule has 1 saturated carbocycles. The van der Waals surface area contributed by atoms with Gasteiger partial charge in [0.25, 0.3) is 0 Å². The average molecular weight is 452 g/mol. The second kappa shape index (κ2) is 11.2. The van der Waals surface area contributed by atoms with Gasteiger partial charge in [-0.1, -0.05) is 25.4 Å². The Morgan fingerprint density at radius 2 is 2.26 bits per heavy atom. The Hall–Kier alpha value is -0.440. The van der Waals surface area contributed by atoms with Crippen LogP contribution in [0.1, 0.15) is 51.0 Å². The molecule has 2 rings (SSSR count). The first-order valence-corrected chi connectivity index (χ1v) is 9.33. The van der Waals surface area contributed by atoms with Crippen LogP contribution in [0.15, 0.2) is 15.6 Å². The number of nitrogens with zero attached hydrogens (tertiary/aromatic N) is 2. The number of aryl methyl sites for hydroxylation is 1. The maximum atomic E-state index is 5.29. The molecule has 23 heavy (non-hydrogen) atoms. The number of halogens is 1. The van der Waals surface area contributed by atoms with Gasteiger partial charge in [-0.2, -0.15) is 11.8 Å². The number of guanidine groups is 1. The zero-order chi connectivity index (χ0) is 15.8. The predicted octanol–water partition coefficient (Wildman–Crippen LogP) is 3.58. The van der Waals surface area contributed by atoms with Crippen molar-refractivity contribution in [3.05, 3.63) is 17.5 Å². The Morgan fingerprint density at radius 3 is 2.91 bits per heavy atom. The van der Waals surface area contributed by atoms with Crippen molar-refractivity contribution in [3.8, 4) is 0 Å². The van der Waals surface area contributed by atoms with E-state index in [4.69, 9.17) is 4.52 Å². The van der Waals surface area contributed by atoms with Crippen molar-refractivity contribution in [2.75, 3.05) is 12.8 Å². The minimum absolute atomic E-state index is 0. The molecule has 1 aliphatic carbocycles. The number of thioether (sulfide) groups is 1. The van der Waals surface area contributed by atoms with Crippen molar-refractivity contribution in [1.29, 1.82) is 0 Å². The standard InChI is InChI=1S/C16H28N4OS.HI/c1-4-12-9-14(21-20-12)11-18-16(17-3)19-13-7-6-8-15(10-13)22-5-2;/h9,13,15H,4-8,10-11H2,1-3H3,(H2,17,18,19);1H. The van der Waals surface area contributed by atoms with Crippen LogP contribution in [0.2, 0.25) is 0 Å². The van der Waals surface area contributed by atoms with E-state index >= 15 is 0 Å². The zero-order valence-corrected chi connectivity index (χ0v) is 17.4. The molecular weight excluding hydrogens is 423 g/mol. The zero-order valence-electron chi connectivity index (χ0n) is 14.3. The van der Waals surface area contributed by atoms with E-state index in [1.165, 1.54) is 31.4 Å². The largest absolute Gasteiger partial charge is 0.359 e. The van der Waals surface area contributed by atoms with Crippen LogP contribution in [0, 0.1) is 0 Å². The van der Waals surface area contributed by atoms with Gasteiger partial charge in [-0.25, -0.2) is 0 Å². The third-order valence-electron chi connectivity index (χ3n) is 3.99. The third kappa shape index (κ3) is 6.91. The van der Waals surface area contributed by atoms with Gasteiger partial charge in [0.05, 0.1) is 12.2 Å². The van der Waals surface area contributed by atoms with Crippen LogP contribution in [-0.2, 0) is 13.0 Å². The monoisotopic (exact) mass is 452 g/mol. The minimum Gasteiger partial charge on any atom is -0.359 e. The molecule has 0 aliphatic heterocycles. The fourth-order valence-electron chi connectivity index (χ4n) is 2.83. The first-order valence-electron chi connectivity index (χ1n) is 8.28. The molecule has 5 nitrogen and oxygen atoms in total. The number of hydrogen-bond acceptors (Lipinski definition) is 4. The molecule has 7 heteroatoms. The van der Waals surface area contributed by atoms with Crippen LogP contribution < -0.4 is 10.6 Å². The van der Waals surface area contributed by atoms with Crippen LogP contribution in [0.5, 0.6) is 0 Å². The highest BCUT2D eigenvalue weighted by atomic mass is 127. The lowest BCUT2D eigenvalue weighted by Crippen LogP contribution is -2.45. The summed E-state index contributed by atoms with van der Waals surface area (Å²) in [6.45, 7) is 4.93. The summed E-state index contributed by atoms with van der Waals surface area (Å²) in [7, 11) is 1.81. The molecule has 1 aromatic rings. The lowest BCUT2D eigenvalue weighted by molar-refractivity contribution is 0.373. The highest BCUT2D eigenvalue weighted by molar-refractivity contribution is 14.0. The SMILES string of the molecule is CCSC1CCCC(NC(=NC)NCc2cc(CC)no2)C1.I. The van der Waals surface area contributed by atoms with Crippen LogP contribution in [0.4, 0.5) is 0 Å². The summed E-state index contributed by atoms with van der Waals surface area (Å²) in [5, 5.41) is 11.7. The lowest BCUT2D eigenvalue weighted by atomic mass is 9.95. The van der Waals surface area contributed by atoms with Gasteiger partial charge in [0.2, 0.25) is 0 Å². The Balaban J connectivity index is 0.00000264. The van der Waals surface area contributed by atoms with Crippen molar-refractivity contribution in [2.45, 2.75) is 63.8 Å². The highest BCUT2D eigenvalue weighted by Crippen LogP contribution is 2.28. The molecule has 1 fully saturated rings. The van der Waals surface area contributed by atoms with Gasteiger partial charge in [-0.15, -0.1) is 24.0 Å². The van der Waals surface area contributed by atoms with Crippen LogP contribution in [0.3, 0.4) is 0 Å². The summed E-state index contributed by atoms with van der Waals surface area (Å²) in [5.74, 6) is 2.90. The maximum Gasteiger partial charge on any atom is 0.191 e. The molecule has 0 bridgehead atoms. The summed E-state index contributed by atoms with van der Waals surface area (Å²) < 4.78 is 5.29. The number of aromatic nitrogens is 1. The van der Waals surface area contributed by atoms with E-state index in [0.29, 0.717) is 12.6 Å². The van der Waals surface area contributed by atoms with E-state index in [0.717, 1.165) is 29.1 Å². The van der Waals surface area contributed by atoms with Gasteiger partial charge in [-0.05, 0) is 31.4 Å². The quantitative estimate of drug-likeness (QED) is 0.393. The Morgan fingerprint density at radius 1 is 1.43 bits per heavy atom. The summed E-state index contributed by atoms with van der Waals surface area (Å²) in [6, 6.07) is 2.51. The van der Waals surface area contributed by atoms with E-state index in [-0.39, 0.29) is 24.0 Å². The van der Waals surface area contributed by atoms with Gasteiger partial charge < -0.3 is 15.2 Å². The van der Waals surface area contributed by atoms with Gasteiger partial charge in [0, 0.05) is 24.4 Å². The van der Waals surface area contributed by atoms with E-state index in [9.17, 15) is 0 Å². The molecule has 0 radical (unpaired) electrons. The lowest BCUT2D eigenvalue weighted by Gasteiger charge is -2.30. The minimum atomic E-state index is 0. The van der Waals surface area contributed by atoms with Gasteiger partial charge in [0.1, 0.15) is 0 Å². The Bertz CT molecular complexity index is 478. The van der Waals surface area contributed by atoms with Crippen LogP contribution in [0.25, 0.3) is 0 Å². The van der Waals surface area contributed by atoms with Crippen LogP contribution in [-0.4, -0.2) is 35.2 Å². The molecule has 0 spiro atoms. The normalized spacial score (nSPS) is 21.6. The molecule has 1 aliphatic rings. The van der Waals surface area contributed by atoms with Gasteiger partial charge in [-0.3, -0.25) is 4.99 Å². The number of nitrogens with one attached hydrogen (secondary N) is 2. The summed E-state index contributed by atoms with van der Waals surface area (Å²) in [4.78, 5) is 4.32. The molecule has 0 aromatic carbocycles. The van der Waals surface area contributed by atoms with Crippen molar-refractivity contribution in [2.24, 2.45) is 4.99 Å². The Labute approximate surface area is 160 Å². The van der Waals surface area contributed by atoms with E-state index in [1.54, 1.807) is 0 Å². The summed E-state index contributed by atoms with van der Waals surface area (Å²) >= 11 is 2.08. The first kappa shape index (κ1) is 20.6. The fraction of sp³-hybridized carbons (Fsp3) is 0.750. The number of rotatable bonds is 6. The molecule has 2 atom stereocenters. The first-order chi connectivity index (χ1) is 10.7. The predicted molar refractivity (Wildman–Crippen MR) is 109 cm³/mol. The fourth-order valence-corrected chi connectivity index (χ4v) is 4.00. The Kier molecular flexibility index (Phi) is 10.0. The molecule has 0 saturated heterocycles. The van der Waals surface area contributed by atoms with Crippen molar-refractivity contribution >= 4 is 41.7 Å². The second-order valence-corrected chi connectivity index (χ2v) is 7.23. The molecule has 1 aromatic heterocycles.